The molecule has 0 aromatic carbocycles. The number of Topliss-reactive ketones (excluding diaryl/α,β-unsaturated/α-hetero) is 1. The minimum absolute atomic E-state index is 0.00288. The fourth-order valence-electron chi connectivity index (χ4n) is 10.4. The van der Waals surface area contributed by atoms with Gasteiger partial charge in [0.25, 0.3) is 0 Å². The fraction of sp³-hybridized carbons (Fsp3) is 0.703. The Balaban J connectivity index is 1.64. The molecule has 0 unspecified atom stereocenters. The van der Waals surface area contributed by atoms with E-state index in [2.05, 4.69) is 0 Å². The molecule has 0 amide bonds. The number of methoxy groups -OCH3 is 1. The summed E-state index contributed by atoms with van der Waals surface area (Å²) in [6, 6.07) is 1.73. The van der Waals surface area contributed by atoms with Crippen molar-refractivity contribution in [3.05, 3.63) is 35.3 Å². The van der Waals surface area contributed by atoms with Crippen LogP contribution >= 0.6 is 0 Å². The van der Waals surface area contributed by atoms with Gasteiger partial charge in [-0.3, -0.25) is 24.0 Å². The zero-order valence-electron chi connectivity index (χ0n) is 29.2. The standard InChI is InChI=1S/C37H48O11/c1-9-19(3)30(41)47-32-34(6)18-36(48-31(42)20(4)10-2)35(7,24(34)16-25(38)44-8)22-11-13-33(5)23(27(22)28(40)37(32,36)43)15-26(39)46-29(33)21-12-14-45-17-21/h12,14,17,19-20,22,24,29,32,43H,9-11,13,15-16,18H2,1-8H3/t19-,20-,22-,24-,29-,32-,33+,34-,35+,36+,37+/m0/s1. The first-order valence-corrected chi connectivity index (χ1v) is 17.2. The number of carbonyl (C=O) groups excluding carboxylic acids is 5. The van der Waals surface area contributed by atoms with Crippen molar-refractivity contribution in [3.8, 4) is 0 Å². The molecule has 1 aromatic heterocycles. The first-order valence-electron chi connectivity index (χ1n) is 17.2. The largest absolute Gasteiger partial charge is 0.472 e. The van der Waals surface area contributed by atoms with E-state index in [1.807, 2.05) is 34.6 Å². The van der Waals surface area contributed by atoms with Crippen LogP contribution < -0.4 is 0 Å². The number of cyclic esters (lactones) is 1. The molecule has 3 saturated carbocycles. The second kappa shape index (κ2) is 11.3. The molecular weight excluding hydrogens is 620 g/mol. The van der Waals surface area contributed by atoms with Crippen LogP contribution in [0.3, 0.4) is 0 Å². The number of carbonyl (C=O) groups is 5. The maximum atomic E-state index is 15.4. The van der Waals surface area contributed by atoms with E-state index in [0.29, 0.717) is 36.8 Å². The van der Waals surface area contributed by atoms with Crippen molar-refractivity contribution in [2.24, 2.45) is 39.9 Å². The first kappa shape index (κ1) is 34.4. The number of fused-ring (bicyclic) bond motifs is 4. The van der Waals surface area contributed by atoms with Crippen LogP contribution in [-0.2, 0) is 42.9 Å². The highest BCUT2D eigenvalue weighted by atomic mass is 16.6. The number of ether oxygens (including phenoxy) is 4. The van der Waals surface area contributed by atoms with Gasteiger partial charge in [-0.15, -0.1) is 0 Å². The Labute approximate surface area is 281 Å². The van der Waals surface area contributed by atoms with Gasteiger partial charge in [0, 0.05) is 40.2 Å². The van der Waals surface area contributed by atoms with Crippen molar-refractivity contribution in [3.63, 3.8) is 0 Å². The summed E-state index contributed by atoms with van der Waals surface area (Å²) < 4.78 is 29.2. The number of ketones is 1. The minimum Gasteiger partial charge on any atom is -0.472 e. The second-order valence-electron chi connectivity index (χ2n) is 15.6. The van der Waals surface area contributed by atoms with E-state index in [-0.39, 0.29) is 24.8 Å². The lowest BCUT2D eigenvalue weighted by atomic mass is 9.41. The predicted molar refractivity (Wildman–Crippen MR) is 169 cm³/mol. The molecule has 2 bridgehead atoms. The smallest absolute Gasteiger partial charge is 0.310 e. The third-order valence-electron chi connectivity index (χ3n) is 13.4. The normalized spacial score (nSPS) is 40.8. The van der Waals surface area contributed by atoms with Gasteiger partial charge in [-0.2, -0.15) is 0 Å². The van der Waals surface area contributed by atoms with E-state index < -0.39 is 93.0 Å². The summed E-state index contributed by atoms with van der Waals surface area (Å²) in [6.45, 7) is 12.8. The molecular formula is C37H48O11. The topological polar surface area (TPSA) is 156 Å². The summed E-state index contributed by atoms with van der Waals surface area (Å²) in [5.41, 5.74) is -6.05. The zero-order chi connectivity index (χ0) is 35.2. The summed E-state index contributed by atoms with van der Waals surface area (Å²) in [5, 5.41) is 13.3. The third-order valence-corrected chi connectivity index (χ3v) is 13.4. The SMILES string of the molecule is CC[C@H](C)C(=O)O[C@H]1[C@@]2(C)C[C@@]3(OC(=O)[C@@H](C)CC)[C@](C)([C@H]4CC[C@]5(C)C(=C4C(=O)[C@@]13O)CC(=O)O[C@H]5c1ccoc1)[C@H]2CC(=O)OC. The molecule has 262 valence electrons. The molecule has 4 aliphatic carbocycles. The summed E-state index contributed by atoms with van der Waals surface area (Å²) in [5.74, 6) is -5.26. The van der Waals surface area contributed by atoms with Crippen molar-refractivity contribution in [2.75, 3.05) is 7.11 Å². The number of hydrogen-bond acceptors (Lipinski definition) is 11. The maximum Gasteiger partial charge on any atom is 0.310 e. The number of esters is 4. The molecule has 4 fully saturated rings. The van der Waals surface area contributed by atoms with Gasteiger partial charge in [-0.25, -0.2) is 0 Å². The van der Waals surface area contributed by atoms with Gasteiger partial charge in [0.1, 0.15) is 12.2 Å². The molecule has 11 heteroatoms. The van der Waals surface area contributed by atoms with Crippen molar-refractivity contribution >= 4 is 29.7 Å². The van der Waals surface area contributed by atoms with Gasteiger partial charge in [0.2, 0.25) is 5.60 Å². The highest BCUT2D eigenvalue weighted by Gasteiger charge is 2.92. The Bertz CT molecular complexity index is 1580. The molecule has 11 atom stereocenters. The molecule has 1 aromatic rings. The van der Waals surface area contributed by atoms with Gasteiger partial charge in [0.15, 0.2) is 11.4 Å². The van der Waals surface area contributed by atoms with Gasteiger partial charge < -0.3 is 28.5 Å². The molecule has 1 N–H and O–H groups in total. The minimum atomic E-state index is -2.50. The van der Waals surface area contributed by atoms with Crippen LogP contribution in [0.5, 0.6) is 0 Å². The van der Waals surface area contributed by atoms with Gasteiger partial charge in [0.05, 0.1) is 37.9 Å². The van der Waals surface area contributed by atoms with Crippen molar-refractivity contribution in [2.45, 2.75) is 117 Å². The predicted octanol–water partition coefficient (Wildman–Crippen LogP) is 5.19. The lowest BCUT2D eigenvalue weighted by molar-refractivity contribution is -0.280. The third kappa shape index (κ3) is 4.18. The van der Waals surface area contributed by atoms with Crippen LogP contribution in [-0.4, -0.2) is 59.2 Å². The van der Waals surface area contributed by atoms with Crippen LogP contribution in [0.25, 0.3) is 0 Å². The van der Waals surface area contributed by atoms with E-state index >= 15 is 4.79 Å². The van der Waals surface area contributed by atoms with E-state index in [9.17, 15) is 24.3 Å². The van der Waals surface area contributed by atoms with Crippen LogP contribution in [0.15, 0.2) is 34.2 Å². The van der Waals surface area contributed by atoms with Gasteiger partial charge >= 0.3 is 23.9 Å². The molecule has 0 spiro atoms. The number of furan rings is 1. The van der Waals surface area contributed by atoms with E-state index in [1.165, 1.54) is 19.6 Å². The molecule has 11 nitrogen and oxygen atoms in total. The lowest BCUT2D eigenvalue weighted by Gasteiger charge is -2.66. The average molecular weight is 669 g/mol. The van der Waals surface area contributed by atoms with E-state index in [1.54, 1.807) is 19.9 Å². The van der Waals surface area contributed by atoms with Crippen molar-refractivity contribution in [1.29, 1.82) is 0 Å². The zero-order valence-corrected chi connectivity index (χ0v) is 29.2. The number of rotatable bonds is 9. The number of aliphatic hydroxyl groups is 1. The summed E-state index contributed by atoms with van der Waals surface area (Å²) >= 11 is 0. The van der Waals surface area contributed by atoms with Crippen LogP contribution in [0, 0.1) is 39.9 Å². The highest BCUT2D eigenvalue weighted by Crippen LogP contribution is 2.81. The summed E-state index contributed by atoms with van der Waals surface area (Å²) in [7, 11) is 1.29. The Morgan fingerprint density at radius 2 is 1.73 bits per heavy atom. The Hall–Kier alpha value is -3.47. The molecule has 2 heterocycles. The van der Waals surface area contributed by atoms with Crippen molar-refractivity contribution < 1.29 is 52.4 Å². The van der Waals surface area contributed by atoms with Gasteiger partial charge in [-0.05, 0) is 49.2 Å². The molecule has 6 rings (SSSR count). The quantitative estimate of drug-likeness (QED) is 0.273. The fourth-order valence-corrected chi connectivity index (χ4v) is 10.4. The van der Waals surface area contributed by atoms with Crippen LogP contribution in [0.1, 0.15) is 105 Å². The molecule has 0 radical (unpaired) electrons. The Morgan fingerprint density at radius 3 is 2.33 bits per heavy atom. The van der Waals surface area contributed by atoms with Crippen LogP contribution in [0.4, 0.5) is 0 Å². The average Bonchev–Trinajstić information content (AvgIpc) is 3.71. The lowest BCUT2D eigenvalue weighted by Crippen LogP contribution is -2.79. The molecule has 48 heavy (non-hydrogen) atoms. The Morgan fingerprint density at radius 1 is 1.06 bits per heavy atom. The monoisotopic (exact) mass is 668 g/mol. The van der Waals surface area contributed by atoms with Gasteiger partial charge in [-0.1, -0.05) is 48.5 Å². The Kier molecular flexibility index (Phi) is 8.09. The summed E-state index contributed by atoms with van der Waals surface area (Å²) in [6.07, 6.45) is 2.37. The molecule has 5 aliphatic rings. The second-order valence-corrected chi connectivity index (χ2v) is 15.6. The maximum absolute atomic E-state index is 15.4. The molecule has 1 aliphatic heterocycles. The highest BCUT2D eigenvalue weighted by molar-refractivity contribution is 6.08. The van der Waals surface area contributed by atoms with E-state index in [4.69, 9.17) is 23.4 Å². The molecule has 1 saturated heterocycles. The summed E-state index contributed by atoms with van der Waals surface area (Å²) in [4.78, 5) is 69.3. The van der Waals surface area contributed by atoms with E-state index in [0.717, 1.165) is 0 Å². The first-order chi connectivity index (χ1) is 22.5. The van der Waals surface area contributed by atoms with Crippen LogP contribution in [0.2, 0.25) is 0 Å². The number of hydrogen-bond donors (Lipinski definition) is 1. The van der Waals surface area contributed by atoms with Crippen molar-refractivity contribution in [1.82, 2.24) is 0 Å².